The standard InChI is InChI=1S/C20H26N4O3/c1-21-18(25)10-13-8-9-14(23(13)2)12-22-20(27)16-11-19(26)24(3)17-7-5-4-6-15(16)17/h4-7,11,13-14H,8-10,12H2,1-3H3,(H,21,25)(H,22,27)/t13-,14+/m1/s1. The number of aryl methyl sites for hydroxylation is 1. The van der Waals surface area contributed by atoms with Crippen molar-refractivity contribution in [2.24, 2.45) is 7.05 Å². The molecule has 1 aromatic carbocycles. The maximum Gasteiger partial charge on any atom is 0.252 e. The van der Waals surface area contributed by atoms with Gasteiger partial charge in [0.05, 0.1) is 11.1 Å². The van der Waals surface area contributed by atoms with Crippen LogP contribution in [-0.4, -0.2) is 54.0 Å². The first-order valence-electron chi connectivity index (χ1n) is 9.22. The number of hydrogen-bond donors (Lipinski definition) is 2. The van der Waals surface area contributed by atoms with E-state index in [2.05, 4.69) is 15.5 Å². The fourth-order valence-corrected chi connectivity index (χ4v) is 3.80. The Labute approximate surface area is 158 Å². The Hall–Kier alpha value is -2.67. The molecule has 0 bridgehead atoms. The number of amides is 2. The molecule has 7 heteroatoms. The normalized spacial score (nSPS) is 20.0. The van der Waals surface area contributed by atoms with Gasteiger partial charge < -0.3 is 15.2 Å². The molecule has 1 aliphatic rings. The molecule has 0 spiro atoms. The second-order valence-electron chi connectivity index (χ2n) is 7.11. The van der Waals surface area contributed by atoms with Crippen molar-refractivity contribution in [3.8, 4) is 0 Å². The molecule has 2 amide bonds. The zero-order valence-corrected chi connectivity index (χ0v) is 16.0. The van der Waals surface area contributed by atoms with Crippen LogP contribution in [0.15, 0.2) is 35.1 Å². The Kier molecular flexibility index (Phi) is 5.60. The third-order valence-corrected chi connectivity index (χ3v) is 5.58. The molecule has 7 nitrogen and oxygen atoms in total. The molecule has 144 valence electrons. The summed E-state index contributed by atoms with van der Waals surface area (Å²) in [5.74, 6) is -0.213. The summed E-state index contributed by atoms with van der Waals surface area (Å²) in [5, 5.41) is 6.39. The van der Waals surface area contributed by atoms with Crippen molar-refractivity contribution in [1.29, 1.82) is 0 Å². The van der Waals surface area contributed by atoms with Crippen molar-refractivity contribution in [3.63, 3.8) is 0 Å². The molecule has 0 radical (unpaired) electrons. The molecule has 2 atom stereocenters. The van der Waals surface area contributed by atoms with Gasteiger partial charge in [0.25, 0.3) is 11.5 Å². The lowest BCUT2D eigenvalue weighted by molar-refractivity contribution is -0.121. The van der Waals surface area contributed by atoms with E-state index in [0.29, 0.717) is 18.5 Å². The molecule has 1 aromatic heterocycles. The minimum atomic E-state index is -0.243. The number of nitrogens with one attached hydrogen (secondary N) is 2. The smallest absolute Gasteiger partial charge is 0.252 e. The third-order valence-electron chi connectivity index (χ3n) is 5.58. The van der Waals surface area contributed by atoms with Crippen molar-refractivity contribution >= 4 is 22.7 Å². The van der Waals surface area contributed by atoms with E-state index in [0.717, 1.165) is 23.7 Å². The Morgan fingerprint density at radius 2 is 1.85 bits per heavy atom. The Bertz CT molecular complexity index is 921. The first-order chi connectivity index (χ1) is 12.9. The number of carbonyl (C=O) groups is 2. The summed E-state index contributed by atoms with van der Waals surface area (Å²) in [6, 6.07) is 9.16. The molecule has 27 heavy (non-hydrogen) atoms. The van der Waals surface area contributed by atoms with Gasteiger partial charge in [0, 0.05) is 50.6 Å². The topological polar surface area (TPSA) is 83.4 Å². The van der Waals surface area contributed by atoms with E-state index in [9.17, 15) is 14.4 Å². The third kappa shape index (κ3) is 3.88. The zero-order valence-electron chi connectivity index (χ0n) is 16.0. The minimum absolute atomic E-state index is 0.0307. The van der Waals surface area contributed by atoms with E-state index in [1.807, 2.05) is 31.3 Å². The van der Waals surface area contributed by atoms with Crippen molar-refractivity contribution in [1.82, 2.24) is 20.1 Å². The van der Waals surface area contributed by atoms with Gasteiger partial charge in [-0.05, 0) is 26.0 Å². The van der Waals surface area contributed by atoms with Crippen LogP contribution in [0.5, 0.6) is 0 Å². The highest BCUT2D eigenvalue weighted by Gasteiger charge is 2.31. The van der Waals surface area contributed by atoms with Gasteiger partial charge in [0.15, 0.2) is 0 Å². The van der Waals surface area contributed by atoms with E-state index < -0.39 is 0 Å². The van der Waals surface area contributed by atoms with Crippen molar-refractivity contribution in [2.75, 3.05) is 20.6 Å². The molecule has 2 heterocycles. The van der Waals surface area contributed by atoms with Crippen LogP contribution in [0.4, 0.5) is 0 Å². The predicted molar refractivity (Wildman–Crippen MR) is 105 cm³/mol. The van der Waals surface area contributed by atoms with Crippen molar-refractivity contribution < 1.29 is 9.59 Å². The van der Waals surface area contributed by atoms with Crippen LogP contribution in [0, 0.1) is 0 Å². The zero-order chi connectivity index (χ0) is 19.6. The summed E-state index contributed by atoms with van der Waals surface area (Å²) in [7, 11) is 5.33. The van der Waals surface area contributed by atoms with E-state index in [-0.39, 0.29) is 29.5 Å². The highest BCUT2D eigenvalue weighted by atomic mass is 16.2. The molecule has 0 saturated carbocycles. The molecule has 1 aliphatic heterocycles. The first-order valence-corrected chi connectivity index (χ1v) is 9.22. The first kappa shape index (κ1) is 19.1. The van der Waals surface area contributed by atoms with Crippen LogP contribution in [0.25, 0.3) is 10.9 Å². The molecule has 0 unspecified atom stereocenters. The number of benzene rings is 1. The largest absolute Gasteiger partial charge is 0.359 e. The highest BCUT2D eigenvalue weighted by Crippen LogP contribution is 2.24. The predicted octanol–water partition coefficient (Wildman–Crippen LogP) is 0.867. The second-order valence-corrected chi connectivity index (χ2v) is 7.11. The summed E-state index contributed by atoms with van der Waals surface area (Å²) in [6.07, 6.45) is 2.33. The van der Waals surface area contributed by atoms with Gasteiger partial charge in [-0.25, -0.2) is 0 Å². The summed E-state index contributed by atoms with van der Waals surface area (Å²) in [5.41, 5.74) is 0.928. The summed E-state index contributed by atoms with van der Waals surface area (Å²) >= 11 is 0. The van der Waals surface area contributed by atoms with E-state index >= 15 is 0 Å². The van der Waals surface area contributed by atoms with Crippen LogP contribution < -0.4 is 16.2 Å². The molecule has 3 rings (SSSR count). The van der Waals surface area contributed by atoms with E-state index in [1.54, 1.807) is 18.7 Å². The maximum absolute atomic E-state index is 12.7. The van der Waals surface area contributed by atoms with Crippen molar-refractivity contribution in [2.45, 2.75) is 31.3 Å². The summed E-state index contributed by atoms with van der Waals surface area (Å²) in [4.78, 5) is 38.7. The second kappa shape index (κ2) is 7.92. The average Bonchev–Trinajstić information content (AvgIpc) is 3.02. The van der Waals surface area contributed by atoms with Gasteiger partial charge in [-0.2, -0.15) is 0 Å². The quantitative estimate of drug-likeness (QED) is 0.818. The number of likely N-dealkylation sites (N-methyl/N-ethyl adjacent to an activating group) is 1. The van der Waals surface area contributed by atoms with Crippen LogP contribution in [-0.2, 0) is 11.8 Å². The van der Waals surface area contributed by atoms with Crippen LogP contribution >= 0.6 is 0 Å². The van der Waals surface area contributed by atoms with Gasteiger partial charge in [0.2, 0.25) is 5.91 Å². The number of likely N-dealkylation sites (tertiary alicyclic amines) is 1. The number of nitrogens with zero attached hydrogens (tertiary/aromatic N) is 2. The van der Waals surface area contributed by atoms with Gasteiger partial charge in [-0.1, -0.05) is 18.2 Å². The molecular weight excluding hydrogens is 344 g/mol. The lowest BCUT2D eigenvalue weighted by Crippen LogP contribution is -2.42. The van der Waals surface area contributed by atoms with Gasteiger partial charge in [0.1, 0.15) is 0 Å². The number of pyridine rings is 1. The molecular formula is C20H26N4O3. The summed E-state index contributed by atoms with van der Waals surface area (Å²) < 4.78 is 1.54. The number of para-hydroxylation sites is 1. The minimum Gasteiger partial charge on any atom is -0.359 e. The lowest BCUT2D eigenvalue weighted by atomic mass is 10.1. The van der Waals surface area contributed by atoms with E-state index in [1.165, 1.54) is 6.07 Å². The maximum atomic E-state index is 12.7. The SMILES string of the molecule is CNC(=O)C[C@H]1CC[C@@H](CNC(=O)c2cc(=O)n(C)c3ccccc23)N1C. The van der Waals surface area contributed by atoms with E-state index in [4.69, 9.17) is 0 Å². The monoisotopic (exact) mass is 370 g/mol. The lowest BCUT2D eigenvalue weighted by Gasteiger charge is -2.25. The molecule has 2 N–H and O–H groups in total. The molecule has 1 fully saturated rings. The molecule has 0 aliphatic carbocycles. The highest BCUT2D eigenvalue weighted by molar-refractivity contribution is 6.06. The number of aromatic nitrogens is 1. The Morgan fingerprint density at radius 1 is 1.15 bits per heavy atom. The van der Waals surface area contributed by atoms with Crippen LogP contribution in [0.1, 0.15) is 29.6 Å². The number of carbonyl (C=O) groups excluding carboxylic acids is 2. The average molecular weight is 370 g/mol. The molecule has 1 saturated heterocycles. The fourth-order valence-electron chi connectivity index (χ4n) is 3.80. The summed E-state index contributed by atoms with van der Waals surface area (Å²) in [6.45, 7) is 0.489. The number of fused-ring (bicyclic) bond motifs is 1. The Balaban J connectivity index is 1.71. The number of rotatable bonds is 5. The fraction of sp³-hybridized carbons (Fsp3) is 0.450. The van der Waals surface area contributed by atoms with Gasteiger partial charge in [-0.15, -0.1) is 0 Å². The number of hydrogen-bond acceptors (Lipinski definition) is 4. The molecule has 2 aromatic rings. The van der Waals surface area contributed by atoms with Crippen molar-refractivity contribution in [3.05, 3.63) is 46.2 Å². The van der Waals surface area contributed by atoms with Gasteiger partial charge in [-0.3, -0.25) is 19.3 Å². The Morgan fingerprint density at radius 3 is 2.59 bits per heavy atom. The van der Waals surface area contributed by atoms with Crippen LogP contribution in [0.2, 0.25) is 0 Å². The van der Waals surface area contributed by atoms with Gasteiger partial charge >= 0.3 is 0 Å². The van der Waals surface area contributed by atoms with Crippen LogP contribution in [0.3, 0.4) is 0 Å².